The molecule has 0 aliphatic carbocycles. The fraction of sp³-hybridized carbons (Fsp3) is 0.917. The molecule has 0 amide bonds. The summed E-state index contributed by atoms with van der Waals surface area (Å²) in [6.07, 6.45) is 0.817. The number of nitrogens with zero attached hydrogens (tertiary/aromatic N) is 2. The van der Waals surface area contributed by atoms with E-state index in [1.807, 2.05) is 14.0 Å². The van der Waals surface area contributed by atoms with Crippen molar-refractivity contribution >= 4 is 0 Å². The average molecular weight is 227 g/mol. The first-order chi connectivity index (χ1) is 7.52. The van der Waals surface area contributed by atoms with Crippen molar-refractivity contribution < 1.29 is 4.74 Å². The lowest BCUT2D eigenvalue weighted by atomic mass is 9.95. The molecule has 0 saturated carbocycles. The van der Waals surface area contributed by atoms with Crippen LogP contribution in [0.2, 0.25) is 0 Å². The van der Waals surface area contributed by atoms with Crippen LogP contribution in [0.1, 0.15) is 27.2 Å². The molecule has 0 radical (unpaired) electrons. The molecule has 0 rings (SSSR count). The summed E-state index contributed by atoms with van der Waals surface area (Å²) >= 11 is 0. The predicted molar refractivity (Wildman–Crippen MR) is 66.3 cm³/mol. The number of nitriles is 1. The monoisotopic (exact) mass is 227 g/mol. The molecule has 0 saturated heterocycles. The van der Waals surface area contributed by atoms with Crippen molar-refractivity contribution in [3.05, 3.63) is 0 Å². The minimum atomic E-state index is -0.445. The Labute approximate surface area is 99.6 Å². The highest BCUT2D eigenvalue weighted by Crippen LogP contribution is 2.15. The summed E-state index contributed by atoms with van der Waals surface area (Å²) in [5, 5.41) is 12.2. The first-order valence-electron chi connectivity index (χ1n) is 5.86. The van der Waals surface area contributed by atoms with Crippen LogP contribution in [-0.4, -0.2) is 50.3 Å². The van der Waals surface area contributed by atoms with Crippen LogP contribution in [0, 0.1) is 11.3 Å². The van der Waals surface area contributed by atoms with Crippen molar-refractivity contribution in [1.29, 1.82) is 5.26 Å². The van der Waals surface area contributed by atoms with E-state index in [4.69, 9.17) is 10.00 Å². The Bertz CT molecular complexity index is 227. The van der Waals surface area contributed by atoms with Crippen molar-refractivity contribution in [2.75, 3.05) is 33.9 Å². The van der Waals surface area contributed by atoms with Gasteiger partial charge in [0, 0.05) is 19.7 Å². The van der Waals surface area contributed by atoms with Crippen LogP contribution in [-0.2, 0) is 4.74 Å². The number of hydrogen-bond acceptors (Lipinski definition) is 4. The van der Waals surface area contributed by atoms with E-state index in [0.717, 1.165) is 26.1 Å². The van der Waals surface area contributed by atoms with Crippen LogP contribution in [0.5, 0.6) is 0 Å². The van der Waals surface area contributed by atoms with Gasteiger partial charge in [0.25, 0.3) is 0 Å². The first-order valence-corrected chi connectivity index (χ1v) is 5.86. The van der Waals surface area contributed by atoms with Gasteiger partial charge in [0.05, 0.1) is 12.7 Å². The minimum Gasteiger partial charge on any atom is -0.383 e. The van der Waals surface area contributed by atoms with E-state index in [-0.39, 0.29) is 0 Å². The molecule has 0 heterocycles. The molecule has 2 unspecified atom stereocenters. The van der Waals surface area contributed by atoms with E-state index in [1.54, 1.807) is 7.11 Å². The van der Waals surface area contributed by atoms with Crippen LogP contribution in [0.25, 0.3) is 0 Å². The lowest BCUT2D eigenvalue weighted by Crippen LogP contribution is -2.46. The molecule has 4 nitrogen and oxygen atoms in total. The molecule has 0 spiro atoms. The van der Waals surface area contributed by atoms with Gasteiger partial charge in [0.1, 0.15) is 5.54 Å². The van der Waals surface area contributed by atoms with Crippen molar-refractivity contribution in [1.82, 2.24) is 10.2 Å². The van der Waals surface area contributed by atoms with Gasteiger partial charge in [0.2, 0.25) is 0 Å². The number of methoxy groups -OCH3 is 1. The third-order valence-electron chi connectivity index (χ3n) is 3.11. The van der Waals surface area contributed by atoms with E-state index in [1.165, 1.54) is 0 Å². The maximum absolute atomic E-state index is 9.11. The fourth-order valence-corrected chi connectivity index (χ4v) is 1.82. The molecule has 0 fully saturated rings. The molecule has 2 atom stereocenters. The first kappa shape index (κ1) is 15.4. The van der Waals surface area contributed by atoms with Crippen LogP contribution in [0.4, 0.5) is 0 Å². The van der Waals surface area contributed by atoms with Crippen LogP contribution in [0.15, 0.2) is 0 Å². The SMILES string of the molecule is CCN(CCOC)C(C)CC(C)(C#N)NC. The van der Waals surface area contributed by atoms with Crippen molar-refractivity contribution in [2.24, 2.45) is 0 Å². The lowest BCUT2D eigenvalue weighted by Gasteiger charge is -2.32. The second kappa shape index (κ2) is 7.61. The van der Waals surface area contributed by atoms with Gasteiger partial charge in [-0.1, -0.05) is 6.92 Å². The molecule has 0 bridgehead atoms. The molecule has 4 heteroatoms. The van der Waals surface area contributed by atoms with Crippen molar-refractivity contribution in [3.63, 3.8) is 0 Å². The van der Waals surface area contributed by atoms with Gasteiger partial charge in [-0.2, -0.15) is 5.26 Å². The number of likely N-dealkylation sites (N-methyl/N-ethyl adjacent to an activating group) is 1. The Balaban J connectivity index is 4.30. The zero-order chi connectivity index (χ0) is 12.6. The molecule has 0 aliphatic rings. The summed E-state index contributed by atoms with van der Waals surface area (Å²) < 4.78 is 5.08. The number of hydrogen-bond donors (Lipinski definition) is 1. The van der Waals surface area contributed by atoms with Gasteiger partial charge in [-0.25, -0.2) is 0 Å². The van der Waals surface area contributed by atoms with Crippen LogP contribution in [0.3, 0.4) is 0 Å². The van der Waals surface area contributed by atoms with Gasteiger partial charge in [0.15, 0.2) is 0 Å². The van der Waals surface area contributed by atoms with Gasteiger partial charge in [-0.05, 0) is 33.9 Å². The number of nitrogens with one attached hydrogen (secondary N) is 1. The Morgan fingerprint density at radius 3 is 2.56 bits per heavy atom. The van der Waals surface area contributed by atoms with Crippen molar-refractivity contribution in [2.45, 2.75) is 38.8 Å². The molecular weight excluding hydrogens is 202 g/mol. The number of ether oxygens (including phenoxy) is 1. The molecule has 1 N–H and O–H groups in total. The highest BCUT2D eigenvalue weighted by Gasteiger charge is 2.26. The maximum Gasteiger partial charge on any atom is 0.105 e. The summed E-state index contributed by atoms with van der Waals surface area (Å²) in [5.74, 6) is 0. The fourth-order valence-electron chi connectivity index (χ4n) is 1.82. The summed E-state index contributed by atoms with van der Waals surface area (Å²) in [6, 6.07) is 2.70. The van der Waals surface area contributed by atoms with E-state index in [2.05, 4.69) is 30.1 Å². The van der Waals surface area contributed by atoms with Crippen molar-refractivity contribution in [3.8, 4) is 6.07 Å². The third kappa shape index (κ3) is 4.93. The zero-order valence-electron chi connectivity index (χ0n) is 11.2. The summed E-state index contributed by atoms with van der Waals surface area (Å²) in [5.41, 5.74) is -0.445. The van der Waals surface area contributed by atoms with Gasteiger partial charge >= 0.3 is 0 Å². The topological polar surface area (TPSA) is 48.3 Å². The van der Waals surface area contributed by atoms with Gasteiger partial charge < -0.3 is 10.1 Å². The smallest absolute Gasteiger partial charge is 0.105 e. The molecule has 0 aromatic heterocycles. The van der Waals surface area contributed by atoms with E-state index < -0.39 is 5.54 Å². The molecular formula is C12H25N3O. The Kier molecular flexibility index (Phi) is 7.31. The highest BCUT2D eigenvalue weighted by atomic mass is 16.5. The lowest BCUT2D eigenvalue weighted by molar-refractivity contribution is 0.118. The molecule has 0 aromatic carbocycles. The Morgan fingerprint density at radius 2 is 2.19 bits per heavy atom. The average Bonchev–Trinajstić information content (AvgIpc) is 2.29. The largest absolute Gasteiger partial charge is 0.383 e. The highest BCUT2D eigenvalue weighted by molar-refractivity contribution is 5.04. The quantitative estimate of drug-likeness (QED) is 0.677. The second-order valence-electron chi connectivity index (χ2n) is 4.37. The zero-order valence-corrected chi connectivity index (χ0v) is 11.2. The Morgan fingerprint density at radius 1 is 1.56 bits per heavy atom. The number of rotatable bonds is 8. The third-order valence-corrected chi connectivity index (χ3v) is 3.11. The Hall–Kier alpha value is -0.630. The predicted octanol–water partition coefficient (Wildman–Crippen LogP) is 1.23. The normalized spacial score (nSPS) is 16.8. The molecule has 16 heavy (non-hydrogen) atoms. The molecule has 0 aromatic rings. The van der Waals surface area contributed by atoms with Crippen LogP contribution >= 0.6 is 0 Å². The summed E-state index contributed by atoms with van der Waals surface area (Å²) in [7, 11) is 3.55. The second-order valence-corrected chi connectivity index (χ2v) is 4.37. The summed E-state index contributed by atoms with van der Waals surface area (Å²) in [6.45, 7) is 8.87. The minimum absolute atomic E-state index is 0.372. The standard InChI is InChI=1S/C12H25N3O/c1-6-15(7-8-16-5)11(2)9-12(3,10-13)14-4/h11,14H,6-9H2,1-5H3. The summed E-state index contributed by atoms with van der Waals surface area (Å²) in [4.78, 5) is 2.33. The molecule has 94 valence electrons. The molecule has 0 aliphatic heterocycles. The maximum atomic E-state index is 9.11. The van der Waals surface area contributed by atoms with E-state index in [0.29, 0.717) is 6.04 Å². The van der Waals surface area contributed by atoms with E-state index in [9.17, 15) is 0 Å². The van der Waals surface area contributed by atoms with Gasteiger partial charge in [-0.15, -0.1) is 0 Å². The van der Waals surface area contributed by atoms with Gasteiger partial charge in [-0.3, -0.25) is 4.90 Å². The van der Waals surface area contributed by atoms with E-state index >= 15 is 0 Å². The van der Waals surface area contributed by atoms with Crippen LogP contribution < -0.4 is 5.32 Å².